The van der Waals surface area contributed by atoms with Crippen molar-refractivity contribution in [1.82, 2.24) is 9.55 Å². The standard InChI is InChI=1S/C16H20N2O2.ClH/c1-2-3-9-16(19)20-15(12-18-11-10-17-13-18)14-7-5-4-6-8-14;/h4-8,10-11,13,15H,2-3,9,12H2,1H3;1H. The number of carbonyl (C=O) groups excluding carboxylic acids is 1. The lowest BCUT2D eigenvalue weighted by molar-refractivity contribution is -0.150. The summed E-state index contributed by atoms with van der Waals surface area (Å²) < 4.78 is 7.55. The highest BCUT2D eigenvalue weighted by molar-refractivity contribution is 5.85. The van der Waals surface area contributed by atoms with Crippen LogP contribution < -0.4 is 0 Å². The number of nitrogens with zero attached hydrogens (tertiary/aromatic N) is 2. The van der Waals surface area contributed by atoms with Gasteiger partial charge in [0.15, 0.2) is 0 Å². The third-order valence-electron chi connectivity index (χ3n) is 3.12. The Hall–Kier alpha value is -1.81. The molecule has 21 heavy (non-hydrogen) atoms. The number of halogens is 1. The van der Waals surface area contributed by atoms with Crippen LogP contribution in [0.25, 0.3) is 0 Å². The highest BCUT2D eigenvalue weighted by Gasteiger charge is 2.16. The molecule has 4 nitrogen and oxygen atoms in total. The molecule has 2 rings (SSSR count). The zero-order chi connectivity index (χ0) is 14.2. The molecule has 0 aliphatic rings. The van der Waals surface area contributed by atoms with E-state index in [-0.39, 0.29) is 24.5 Å². The topological polar surface area (TPSA) is 44.1 Å². The highest BCUT2D eigenvalue weighted by Crippen LogP contribution is 2.20. The lowest BCUT2D eigenvalue weighted by Crippen LogP contribution is -2.16. The molecule has 0 amide bonds. The molecule has 2 aromatic rings. The minimum absolute atomic E-state index is 0. The average Bonchev–Trinajstić information content (AvgIpc) is 2.98. The molecule has 1 aromatic heterocycles. The van der Waals surface area contributed by atoms with E-state index in [2.05, 4.69) is 11.9 Å². The highest BCUT2D eigenvalue weighted by atomic mass is 35.5. The molecule has 0 radical (unpaired) electrons. The molecule has 1 atom stereocenters. The molecule has 5 heteroatoms. The van der Waals surface area contributed by atoms with E-state index < -0.39 is 0 Å². The third kappa shape index (κ3) is 5.60. The summed E-state index contributed by atoms with van der Waals surface area (Å²) in [7, 11) is 0. The van der Waals surface area contributed by atoms with Gasteiger partial charge in [-0.3, -0.25) is 4.79 Å². The summed E-state index contributed by atoms with van der Waals surface area (Å²) in [5.74, 6) is -0.138. The number of carbonyl (C=O) groups is 1. The molecule has 0 saturated heterocycles. The van der Waals surface area contributed by atoms with Gasteiger partial charge in [0, 0.05) is 18.8 Å². The molecule has 0 aliphatic carbocycles. The number of hydrogen-bond acceptors (Lipinski definition) is 3. The molecule has 1 unspecified atom stereocenters. The normalized spacial score (nSPS) is 11.5. The fraction of sp³-hybridized carbons (Fsp3) is 0.375. The predicted molar refractivity (Wildman–Crippen MR) is 84.3 cm³/mol. The van der Waals surface area contributed by atoms with Crippen LogP contribution >= 0.6 is 12.4 Å². The summed E-state index contributed by atoms with van der Waals surface area (Å²) in [6.07, 6.45) is 7.39. The van der Waals surface area contributed by atoms with Crippen LogP contribution in [0.1, 0.15) is 37.9 Å². The van der Waals surface area contributed by atoms with Crippen molar-refractivity contribution in [3.63, 3.8) is 0 Å². The molecule has 0 fully saturated rings. The van der Waals surface area contributed by atoms with E-state index in [1.807, 2.05) is 41.1 Å². The van der Waals surface area contributed by atoms with Crippen LogP contribution in [0.2, 0.25) is 0 Å². The maximum atomic E-state index is 11.9. The summed E-state index contributed by atoms with van der Waals surface area (Å²) in [6, 6.07) is 9.83. The molecule has 114 valence electrons. The van der Waals surface area contributed by atoms with Gasteiger partial charge < -0.3 is 9.30 Å². The van der Waals surface area contributed by atoms with Gasteiger partial charge in [-0.2, -0.15) is 0 Å². The summed E-state index contributed by atoms with van der Waals surface area (Å²) in [6.45, 7) is 2.65. The van der Waals surface area contributed by atoms with E-state index in [9.17, 15) is 4.79 Å². The van der Waals surface area contributed by atoms with Crippen LogP contribution in [0.4, 0.5) is 0 Å². The number of hydrogen-bond donors (Lipinski definition) is 0. The molecule has 0 N–H and O–H groups in total. The predicted octanol–water partition coefficient (Wildman–Crippen LogP) is 3.78. The number of rotatable bonds is 7. The number of aromatic nitrogens is 2. The van der Waals surface area contributed by atoms with Gasteiger partial charge in [0.25, 0.3) is 0 Å². The van der Waals surface area contributed by atoms with E-state index in [0.29, 0.717) is 13.0 Å². The monoisotopic (exact) mass is 308 g/mol. The van der Waals surface area contributed by atoms with Crippen LogP contribution in [0.5, 0.6) is 0 Å². The largest absolute Gasteiger partial charge is 0.456 e. The maximum Gasteiger partial charge on any atom is 0.306 e. The molecule has 0 spiro atoms. The number of unbranched alkanes of at least 4 members (excludes halogenated alkanes) is 1. The van der Waals surface area contributed by atoms with Gasteiger partial charge in [-0.05, 0) is 12.0 Å². The van der Waals surface area contributed by atoms with Gasteiger partial charge in [-0.1, -0.05) is 43.7 Å². The van der Waals surface area contributed by atoms with Crippen molar-refractivity contribution in [3.05, 3.63) is 54.6 Å². The number of esters is 1. The first-order chi connectivity index (χ1) is 9.79. The van der Waals surface area contributed by atoms with Crippen molar-refractivity contribution in [1.29, 1.82) is 0 Å². The van der Waals surface area contributed by atoms with Crippen LogP contribution in [0, 0.1) is 0 Å². The summed E-state index contributed by atoms with van der Waals surface area (Å²) in [5.41, 5.74) is 1.01. The van der Waals surface area contributed by atoms with Crippen LogP contribution in [-0.2, 0) is 16.1 Å². The Labute approximate surface area is 131 Å². The second-order valence-corrected chi connectivity index (χ2v) is 4.75. The summed E-state index contributed by atoms with van der Waals surface area (Å²) >= 11 is 0. The molecule has 0 aliphatic heterocycles. The van der Waals surface area contributed by atoms with Crippen molar-refractivity contribution >= 4 is 18.4 Å². The van der Waals surface area contributed by atoms with E-state index in [1.165, 1.54) is 0 Å². The maximum absolute atomic E-state index is 11.9. The minimum Gasteiger partial charge on any atom is -0.456 e. The molecule has 1 heterocycles. The van der Waals surface area contributed by atoms with Gasteiger partial charge in [0.05, 0.1) is 12.9 Å². The Morgan fingerprint density at radius 1 is 1.33 bits per heavy atom. The zero-order valence-corrected chi connectivity index (χ0v) is 13.0. The van der Waals surface area contributed by atoms with Gasteiger partial charge in [-0.15, -0.1) is 12.4 Å². The number of benzene rings is 1. The van der Waals surface area contributed by atoms with E-state index in [4.69, 9.17) is 4.74 Å². The van der Waals surface area contributed by atoms with Gasteiger partial charge in [0.2, 0.25) is 0 Å². The Morgan fingerprint density at radius 2 is 2.10 bits per heavy atom. The van der Waals surface area contributed by atoms with E-state index in [0.717, 1.165) is 18.4 Å². The third-order valence-corrected chi connectivity index (χ3v) is 3.12. The van der Waals surface area contributed by atoms with Crippen molar-refractivity contribution < 1.29 is 9.53 Å². The first-order valence-electron chi connectivity index (χ1n) is 6.99. The fourth-order valence-corrected chi connectivity index (χ4v) is 2.00. The smallest absolute Gasteiger partial charge is 0.306 e. The summed E-state index contributed by atoms with van der Waals surface area (Å²) in [4.78, 5) is 15.9. The first-order valence-corrected chi connectivity index (χ1v) is 6.99. The second-order valence-electron chi connectivity index (χ2n) is 4.75. The van der Waals surface area contributed by atoms with E-state index >= 15 is 0 Å². The molecular weight excluding hydrogens is 288 g/mol. The Kier molecular flexibility index (Phi) is 7.54. The number of ether oxygens (including phenoxy) is 1. The SMILES string of the molecule is CCCCC(=O)OC(Cn1ccnc1)c1ccccc1.Cl. The minimum atomic E-state index is -0.269. The first kappa shape index (κ1) is 17.2. The summed E-state index contributed by atoms with van der Waals surface area (Å²) in [5, 5.41) is 0. The van der Waals surface area contributed by atoms with Crippen LogP contribution in [0.15, 0.2) is 49.1 Å². The molecule has 0 saturated carbocycles. The van der Waals surface area contributed by atoms with Crippen molar-refractivity contribution in [2.45, 2.75) is 38.8 Å². The average molecular weight is 309 g/mol. The van der Waals surface area contributed by atoms with Crippen LogP contribution in [0.3, 0.4) is 0 Å². The lowest BCUT2D eigenvalue weighted by atomic mass is 10.1. The zero-order valence-electron chi connectivity index (χ0n) is 12.1. The quantitative estimate of drug-likeness (QED) is 0.731. The van der Waals surface area contributed by atoms with Gasteiger partial charge >= 0.3 is 5.97 Å². The second kappa shape index (κ2) is 9.19. The van der Waals surface area contributed by atoms with Crippen molar-refractivity contribution in [3.8, 4) is 0 Å². The van der Waals surface area contributed by atoms with Gasteiger partial charge in [-0.25, -0.2) is 4.98 Å². The van der Waals surface area contributed by atoms with E-state index in [1.54, 1.807) is 12.5 Å². The number of imidazole rings is 1. The molecule has 0 bridgehead atoms. The Bertz CT molecular complexity index is 514. The molecule has 1 aromatic carbocycles. The Balaban J connectivity index is 0.00000220. The lowest BCUT2D eigenvalue weighted by Gasteiger charge is -2.19. The molecular formula is C16H21ClN2O2. The Morgan fingerprint density at radius 3 is 2.71 bits per heavy atom. The van der Waals surface area contributed by atoms with Crippen LogP contribution in [-0.4, -0.2) is 15.5 Å². The van der Waals surface area contributed by atoms with Gasteiger partial charge in [0.1, 0.15) is 6.10 Å². The van der Waals surface area contributed by atoms with Crippen molar-refractivity contribution in [2.75, 3.05) is 0 Å². The fourth-order valence-electron chi connectivity index (χ4n) is 2.00. The van der Waals surface area contributed by atoms with Crippen molar-refractivity contribution in [2.24, 2.45) is 0 Å².